The second-order valence-corrected chi connectivity index (χ2v) is 6.19. The number of amides is 1. The first-order valence-corrected chi connectivity index (χ1v) is 8.72. The van der Waals surface area contributed by atoms with E-state index in [1.165, 1.54) is 0 Å². The summed E-state index contributed by atoms with van der Waals surface area (Å²) in [5.41, 5.74) is 3.09. The quantitative estimate of drug-likeness (QED) is 0.368. The molecule has 1 aromatic carbocycles. The van der Waals surface area contributed by atoms with Gasteiger partial charge in [-0.05, 0) is 30.4 Å². The summed E-state index contributed by atoms with van der Waals surface area (Å²) >= 11 is 11.6. The first-order valence-electron chi connectivity index (χ1n) is 7.84. The maximum absolute atomic E-state index is 12.4. The molecule has 0 atom stereocenters. The Morgan fingerprint density at radius 1 is 1.18 bits per heavy atom. The molecule has 0 unspecified atom stereocenters. The summed E-state index contributed by atoms with van der Waals surface area (Å²) in [5.74, 6) is -0.338. The highest BCUT2D eigenvalue weighted by Crippen LogP contribution is 2.28. The predicted octanol–water partition coefficient (Wildman–Crippen LogP) is 4.72. The van der Waals surface area contributed by atoms with Gasteiger partial charge in [-0.25, -0.2) is 0 Å². The van der Waals surface area contributed by atoms with Gasteiger partial charge in [-0.3, -0.25) is 9.69 Å². The zero-order chi connectivity index (χ0) is 16.5. The first-order chi connectivity index (χ1) is 10.6. The van der Waals surface area contributed by atoms with Gasteiger partial charge in [0.05, 0.1) is 5.69 Å². The number of rotatable bonds is 9. The second-order valence-electron chi connectivity index (χ2n) is 5.09. The highest BCUT2D eigenvalue weighted by atomic mass is 35.5. The summed E-state index contributed by atoms with van der Waals surface area (Å²) in [6.07, 6.45) is 3.67. The molecule has 0 bridgehead atoms. The number of carbonyl (C=O) groups excluding carboxylic acids is 1. The van der Waals surface area contributed by atoms with E-state index in [0.29, 0.717) is 6.61 Å². The largest absolute Gasteiger partial charge is 0.361 e. The maximum atomic E-state index is 12.4. The zero-order valence-corrected chi connectivity index (χ0v) is 15.1. The number of halogens is 2. The third-order valence-electron chi connectivity index (χ3n) is 3.55. The Morgan fingerprint density at radius 2 is 1.77 bits per heavy atom. The lowest BCUT2D eigenvalue weighted by Crippen LogP contribution is -2.38. The maximum Gasteiger partial charge on any atom is 0.262 e. The standard InChI is InChI=1S/C17H25Cl2NO2/c1-4-7-11-22-12-20(17(21)16(18)19)15-13(5-2)9-8-10-14(15)6-3/h8-10,16H,4-7,11-12H2,1-3H3. The number of carbonyl (C=O) groups is 1. The van der Waals surface area contributed by atoms with Gasteiger partial charge >= 0.3 is 0 Å². The molecule has 1 amide bonds. The fourth-order valence-corrected chi connectivity index (χ4v) is 2.56. The minimum atomic E-state index is -1.09. The Labute approximate surface area is 143 Å². The van der Waals surface area contributed by atoms with Crippen molar-refractivity contribution >= 4 is 34.8 Å². The summed E-state index contributed by atoms with van der Waals surface area (Å²) in [6, 6.07) is 6.07. The average Bonchev–Trinajstić information content (AvgIpc) is 2.53. The van der Waals surface area contributed by atoms with E-state index in [0.717, 1.165) is 42.5 Å². The van der Waals surface area contributed by atoms with Crippen molar-refractivity contribution in [2.75, 3.05) is 18.2 Å². The van der Waals surface area contributed by atoms with Gasteiger partial charge in [0.25, 0.3) is 5.91 Å². The molecule has 0 saturated heterocycles. The van der Waals surface area contributed by atoms with Crippen molar-refractivity contribution in [3.8, 4) is 0 Å². The number of para-hydroxylation sites is 1. The van der Waals surface area contributed by atoms with E-state index in [1.807, 2.05) is 18.2 Å². The average molecular weight is 346 g/mol. The molecular formula is C17H25Cl2NO2. The number of hydrogen-bond acceptors (Lipinski definition) is 2. The highest BCUT2D eigenvalue weighted by Gasteiger charge is 2.25. The van der Waals surface area contributed by atoms with Crippen LogP contribution in [-0.2, 0) is 22.4 Å². The topological polar surface area (TPSA) is 29.5 Å². The fraction of sp³-hybridized carbons (Fsp3) is 0.588. The molecule has 124 valence electrons. The van der Waals surface area contributed by atoms with Gasteiger partial charge in [0.1, 0.15) is 6.73 Å². The lowest BCUT2D eigenvalue weighted by atomic mass is 10.0. The van der Waals surface area contributed by atoms with Crippen LogP contribution in [0.2, 0.25) is 0 Å². The molecule has 1 aromatic rings. The Morgan fingerprint density at radius 3 is 2.23 bits per heavy atom. The van der Waals surface area contributed by atoms with Crippen LogP contribution in [-0.4, -0.2) is 24.1 Å². The van der Waals surface area contributed by atoms with Gasteiger partial charge in [0.2, 0.25) is 0 Å². The van der Waals surface area contributed by atoms with E-state index in [2.05, 4.69) is 20.8 Å². The molecular weight excluding hydrogens is 321 g/mol. The first kappa shape index (κ1) is 19.3. The van der Waals surface area contributed by atoms with Crippen LogP contribution in [0.4, 0.5) is 5.69 Å². The lowest BCUT2D eigenvalue weighted by molar-refractivity contribution is -0.118. The molecule has 0 radical (unpaired) electrons. The van der Waals surface area contributed by atoms with E-state index in [9.17, 15) is 4.79 Å². The molecule has 3 nitrogen and oxygen atoms in total. The van der Waals surface area contributed by atoms with Crippen LogP contribution < -0.4 is 4.90 Å². The summed E-state index contributed by atoms with van der Waals surface area (Å²) in [6.45, 7) is 7.03. The van der Waals surface area contributed by atoms with Crippen molar-refractivity contribution < 1.29 is 9.53 Å². The fourth-order valence-electron chi connectivity index (χ4n) is 2.32. The molecule has 1 rings (SSSR count). The zero-order valence-electron chi connectivity index (χ0n) is 13.6. The number of benzene rings is 1. The lowest BCUT2D eigenvalue weighted by Gasteiger charge is -2.27. The molecule has 0 aliphatic heterocycles. The molecule has 0 heterocycles. The van der Waals surface area contributed by atoms with E-state index in [-0.39, 0.29) is 12.6 Å². The van der Waals surface area contributed by atoms with Gasteiger partial charge in [-0.1, -0.05) is 68.6 Å². The molecule has 0 saturated carbocycles. The second kappa shape index (κ2) is 10.1. The summed E-state index contributed by atoms with van der Waals surface area (Å²) in [7, 11) is 0. The molecule has 22 heavy (non-hydrogen) atoms. The SMILES string of the molecule is CCCCOCN(C(=O)C(Cl)Cl)c1c(CC)cccc1CC. The third kappa shape index (κ3) is 5.15. The van der Waals surface area contributed by atoms with Crippen molar-refractivity contribution in [1.82, 2.24) is 0 Å². The molecule has 0 aliphatic carbocycles. The van der Waals surface area contributed by atoms with Crippen LogP contribution in [0.5, 0.6) is 0 Å². The normalized spacial score (nSPS) is 11.0. The molecule has 0 aromatic heterocycles. The van der Waals surface area contributed by atoms with Crippen molar-refractivity contribution in [2.45, 2.75) is 51.3 Å². The molecule has 0 aliphatic rings. The van der Waals surface area contributed by atoms with Crippen LogP contribution in [0.15, 0.2) is 18.2 Å². The number of hydrogen-bond donors (Lipinski definition) is 0. The van der Waals surface area contributed by atoms with Crippen LogP contribution in [0, 0.1) is 0 Å². The molecule has 0 spiro atoms. The minimum Gasteiger partial charge on any atom is -0.361 e. The van der Waals surface area contributed by atoms with Gasteiger partial charge in [-0.15, -0.1) is 0 Å². The number of aryl methyl sites for hydroxylation is 2. The number of anilines is 1. The van der Waals surface area contributed by atoms with Crippen LogP contribution in [0.25, 0.3) is 0 Å². The Bertz CT molecular complexity index is 455. The van der Waals surface area contributed by atoms with E-state index in [4.69, 9.17) is 27.9 Å². The number of nitrogens with zero attached hydrogens (tertiary/aromatic N) is 1. The highest BCUT2D eigenvalue weighted by molar-refractivity contribution is 6.54. The molecule has 0 N–H and O–H groups in total. The Balaban J connectivity index is 3.11. The number of alkyl halides is 2. The van der Waals surface area contributed by atoms with Crippen molar-refractivity contribution in [1.29, 1.82) is 0 Å². The van der Waals surface area contributed by atoms with Crippen molar-refractivity contribution in [3.63, 3.8) is 0 Å². The van der Waals surface area contributed by atoms with E-state index >= 15 is 0 Å². The molecule has 0 fully saturated rings. The number of ether oxygens (including phenoxy) is 1. The summed E-state index contributed by atoms with van der Waals surface area (Å²) in [5, 5.41) is 0. The van der Waals surface area contributed by atoms with Gasteiger partial charge < -0.3 is 4.74 Å². The number of unbranched alkanes of at least 4 members (excludes halogenated alkanes) is 1. The summed E-state index contributed by atoms with van der Waals surface area (Å²) < 4.78 is 5.65. The van der Waals surface area contributed by atoms with E-state index < -0.39 is 4.84 Å². The Kier molecular flexibility index (Phi) is 8.84. The predicted molar refractivity (Wildman–Crippen MR) is 93.9 cm³/mol. The Hall–Kier alpha value is -0.770. The summed E-state index contributed by atoms with van der Waals surface area (Å²) in [4.78, 5) is 12.9. The van der Waals surface area contributed by atoms with Crippen molar-refractivity contribution in [2.24, 2.45) is 0 Å². The van der Waals surface area contributed by atoms with Gasteiger partial charge in [0, 0.05) is 6.61 Å². The van der Waals surface area contributed by atoms with Gasteiger partial charge in [-0.2, -0.15) is 0 Å². The monoisotopic (exact) mass is 345 g/mol. The third-order valence-corrected chi connectivity index (χ3v) is 3.92. The van der Waals surface area contributed by atoms with Crippen molar-refractivity contribution in [3.05, 3.63) is 29.3 Å². The van der Waals surface area contributed by atoms with Crippen LogP contribution in [0.3, 0.4) is 0 Å². The van der Waals surface area contributed by atoms with Crippen LogP contribution in [0.1, 0.15) is 44.7 Å². The van der Waals surface area contributed by atoms with Crippen LogP contribution >= 0.6 is 23.2 Å². The molecule has 5 heteroatoms. The smallest absolute Gasteiger partial charge is 0.262 e. The van der Waals surface area contributed by atoms with E-state index in [1.54, 1.807) is 4.90 Å². The minimum absolute atomic E-state index is 0.179. The van der Waals surface area contributed by atoms with Gasteiger partial charge in [0.15, 0.2) is 4.84 Å².